The van der Waals surface area contributed by atoms with Gasteiger partial charge in [0.2, 0.25) is 5.95 Å². The maximum absolute atomic E-state index is 15.0. The fourth-order valence-electron chi connectivity index (χ4n) is 4.02. The van der Waals surface area contributed by atoms with Gasteiger partial charge in [-0.1, -0.05) is 6.07 Å². The van der Waals surface area contributed by atoms with Crippen molar-refractivity contribution in [3.8, 4) is 5.69 Å². The van der Waals surface area contributed by atoms with Gasteiger partial charge in [-0.15, -0.1) is 0 Å². The summed E-state index contributed by atoms with van der Waals surface area (Å²) in [6.07, 6.45) is 3.50. The Hall–Kier alpha value is -3.05. The second kappa shape index (κ2) is 8.95. The van der Waals surface area contributed by atoms with E-state index in [0.717, 1.165) is 5.39 Å². The van der Waals surface area contributed by atoms with Crippen molar-refractivity contribution >= 4 is 33.3 Å². The molecular formula is C24H25F2N5O2S. The third-order valence-corrected chi connectivity index (χ3v) is 7.69. The number of halogens is 2. The molecule has 3 N–H and O–H groups in total. The molecule has 1 aliphatic heterocycles. The van der Waals surface area contributed by atoms with Gasteiger partial charge in [0.05, 0.1) is 11.5 Å². The van der Waals surface area contributed by atoms with Crippen molar-refractivity contribution in [3.63, 3.8) is 0 Å². The molecule has 5 rings (SSSR count). The van der Waals surface area contributed by atoms with Crippen molar-refractivity contribution in [1.82, 2.24) is 19.4 Å². The second-order valence-corrected chi connectivity index (χ2v) is 10.9. The lowest BCUT2D eigenvalue weighted by molar-refractivity contribution is 0.274. The summed E-state index contributed by atoms with van der Waals surface area (Å²) < 4.78 is 49.9. The maximum atomic E-state index is 15.0. The lowest BCUT2D eigenvalue weighted by atomic mass is 10.1. The van der Waals surface area contributed by atoms with Crippen LogP contribution >= 0.6 is 10.6 Å². The van der Waals surface area contributed by atoms with Crippen LogP contribution in [0.3, 0.4) is 0 Å². The number of hydrogen-bond acceptors (Lipinski definition) is 6. The molecule has 0 bridgehead atoms. The summed E-state index contributed by atoms with van der Waals surface area (Å²) in [5, 5.41) is 3.89. The number of nitrogens with one attached hydrogen (secondary N) is 1. The Morgan fingerprint density at radius 1 is 1.03 bits per heavy atom. The lowest BCUT2D eigenvalue weighted by Gasteiger charge is -2.41. The maximum Gasteiger partial charge on any atom is 0.229 e. The molecule has 7 nitrogen and oxygen atoms in total. The number of anilines is 2. The second-order valence-electron chi connectivity index (χ2n) is 8.51. The van der Waals surface area contributed by atoms with Crippen LogP contribution in [-0.4, -0.2) is 53.1 Å². The summed E-state index contributed by atoms with van der Waals surface area (Å²) in [6.45, 7) is 3.17. The number of nitrogens with zero attached hydrogens (tertiary/aromatic N) is 4. The zero-order valence-electron chi connectivity index (χ0n) is 18.6. The summed E-state index contributed by atoms with van der Waals surface area (Å²) in [5.74, 6) is 0.403. The van der Waals surface area contributed by atoms with E-state index in [4.69, 9.17) is 0 Å². The Labute approximate surface area is 197 Å². The summed E-state index contributed by atoms with van der Waals surface area (Å²) in [6, 6.07) is 11.6. The Balaban J connectivity index is 1.37. The Morgan fingerprint density at radius 3 is 2.56 bits per heavy atom. The number of aryl methyl sites for hydroxylation is 1. The molecule has 0 amide bonds. The molecule has 0 saturated carbocycles. The van der Waals surface area contributed by atoms with Gasteiger partial charge >= 0.3 is 0 Å². The minimum Gasteiger partial charge on any atom is -0.324 e. The van der Waals surface area contributed by atoms with Crippen LogP contribution in [0.4, 0.5) is 20.4 Å². The van der Waals surface area contributed by atoms with Crippen molar-refractivity contribution < 1.29 is 17.9 Å². The molecule has 10 heteroatoms. The van der Waals surface area contributed by atoms with E-state index in [9.17, 15) is 17.9 Å². The highest BCUT2D eigenvalue weighted by molar-refractivity contribution is 8.24. The van der Waals surface area contributed by atoms with Gasteiger partial charge in [-0.2, -0.15) is 15.6 Å². The molecule has 1 saturated heterocycles. The molecule has 0 spiro atoms. The Bertz CT molecular complexity index is 1350. The average molecular weight is 486 g/mol. The van der Waals surface area contributed by atoms with Crippen molar-refractivity contribution in [1.29, 1.82) is 0 Å². The first-order valence-electron chi connectivity index (χ1n) is 10.9. The molecular weight excluding hydrogens is 460 g/mol. The summed E-state index contributed by atoms with van der Waals surface area (Å²) in [7, 11) is -2.48. The van der Waals surface area contributed by atoms with Crippen molar-refractivity contribution in [3.05, 3.63) is 77.6 Å². The number of aromatic nitrogens is 3. The van der Waals surface area contributed by atoms with Gasteiger partial charge in [0.25, 0.3) is 0 Å². The fourth-order valence-corrected chi connectivity index (χ4v) is 5.32. The number of hydrogen-bond donors (Lipinski definition) is 3. The largest absolute Gasteiger partial charge is 0.324 e. The van der Waals surface area contributed by atoms with E-state index < -0.39 is 10.6 Å². The van der Waals surface area contributed by atoms with Gasteiger partial charge < -0.3 is 9.88 Å². The van der Waals surface area contributed by atoms with Crippen molar-refractivity contribution in [2.75, 3.05) is 29.9 Å². The van der Waals surface area contributed by atoms with Crippen LogP contribution in [0.1, 0.15) is 11.1 Å². The van der Waals surface area contributed by atoms with E-state index in [0.29, 0.717) is 65.2 Å². The quantitative estimate of drug-likeness (QED) is 0.355. The number of fused-ring (bicyclic) bond motifs is 1. The predicted octanol–water partition coefficient (Wildman–Crippen LogP) is 5.32. The van der Waals surface area contributed by atoms with Crippen LogP contribution in [0, 0.1) is 18.6 Å². The Morgan fingerprint density at radius 2 is 1.82 bits per heavy atom. The molecule has 1 fully saturated rings. The molecule has 1 aliphatic rings. The molecule has 4 aromatic rings. The summed E-state index contributed by atoms with van der Waals surface area (Å²) >= 11 is 0. The molecule has 0 radical (unpaired) electrons. The molecule has 0 unspecified atom stereocenters. The van der Waals surface area contributed by atoms with E-state index in [1.54, 1.807) is 35.9 Å². The fraction of sp³-hybridized carbons (Fsp3) is 0.250. The van der Waals surface area contributed by atoms with Crippen LogP contribution in [0.5, 0.6) is 0 Å². The van der Waals surface area contributed by atoms with Gasteiger partial charge in [-0.05, 0) is 48.9 Å². The van der Waals surface area contributed by atoms with E-state index in [-0.39, 0.29) is 11.6 Å². The van der Waals surface area contributed by atoms with Gasteiger partial charge in [-0.25, -0.2) is 13.8 Å². The van der Waals surface area contributed by atoms with Gasteiger partial charge in [-0.3, -0.25) is 14.0 Å². The van der Waals surface area contributed by atoms with Gasteiger partial charge in [0.1, 0.15) is 17.3 Å². The average Bonchev–Trinajstić information content (AvgIpc) is 3.22. The standard InChI is InChI=1S/C24H25F2N5O2S/c1-16-12-19(3-5-21(16)25)28-24-27-14-17-6-7-31(23(17)29-24)20-4-2-18(22(26)13-20)15-30-8-10-34(32,33)11-9-30/h2-7,12-14,32-33H,8-11,15H2,1H3,(H,27,28,29). The minimum atomic E-state index is -2.48. The number of benzene rings is 2. The molecule has 2 aromatic heterocycles. The lowest BCUT2D eigenvalue weighted by Crippen LogP contribution is -2.37. The normalized spacial score (nSPS) is 17.1. The highest BCUT2D eigenvalue weighted by atomic mass is 32.3. The van der Waals surface area contributed by atoms with E-state index in [2.05, 4.69) is 15.3 Å². The van der Waals surface area contributed by atoms with Crippen molar-refractivity contribution in [2.45, 2.75) is 13.5 Å². The summed E-state index contributed by atoms with van der Waals surface area (Å²) in [4.78, 5) is 10.9. The molecule has 34 heavy (non-hydrogen) atoms. The van der Waals surface area contributed by atoms with E-state index in [1.807, 2.05) is 23.2 Å². The zero-order valence-corrected chi connectivity index (χ0v) is 19.4. The first kappa shape index (κ1) is 22.7. The third kappa shape index (κ3) is 4.76. The zero-order chi connectivity index (χ0) is 23.9. The van der Waals surface area contributed by atoms with Crippen LogP contribution in [-0.2, 0) is 6.54 Å². The third-order valence-electron chi connectivity index (χ3n) is 6.02. The predicted molar refractivity (Wildman–Crippen MR) is 131 cm³/mol. The number of rotatable bonds is 5. The van der Waals surface area contributed by atoms with E-state index >= 15 is 0 Å². The van der Waals surface area contributed by atoms with Crippen LogP contribution in [0.15, 0.2) is 54.9 Å². The minimum absolute atomic E-state index is 0.280. The van der Waals surface area contributed by atoms with Crippen LogP contribution in [0.25, 0.3) is 16.7 Å². The first-order valence-corrected chi connectivity index (χ1v) is 12.8. The van der Waals surface area contributed by atoms with Crippen LogP contribution in [0.2, 0.25) is 0 Å². The molecule has 0 atom stereocenters. The Kier molecular flexibility index (Phi) is 5.98. The SMILES string of the molecule is Cc1cc(Nc2ncc3ccn(-c4ccc(CN5CCS(O)(O)CC5)c(F)c4)c3n2)ccc1F. The highest BCUT2D eigenvalue weighted by Gasteiger charge is 2.23. The van der Waals surface area contributed by atoms with Crippen molar-refractivity contribution in [2.24, 2.45) is 0 Å². The van der Waals surface area contributed by atoms with Gasteiger partial charge in [0, 0.05) is 54.4 Å². The smallest absolute Gasteiger partial charge is 0.229 e. The topological polar surface area (TPSA) is 86.4 Å². The molecule has 0 aliphatic carbocycles. The molecule has 2 aromatic carbocycles. The highest BCUT2D eigenvalue weighted by Crippen LogP contribution is 2.40. The summed E-state index contributed by atoms with van der Waals surface area (Å²) in [5.41, 5.74) is 2.99. The van der Waals surface area contributed by atoms with Crippen LogP contribution < -0.4 is 5.32 Å². The molecule has 178 valence electrons. The first-order chi connectivity index (χ1) is 16.3. The van der Waals surface area contributed by atoms with Gasteiger partial charge in [0.15, 0.2) is 0 Å². The monoisotopic (exact) mass is 485 g/mol. The van der Waals surface area contributed by atoms with E-state index in [1.165, 1.54) is 12.1 Å². The molecule has 3 heterocycles.